The number of rotatable bonds is 4. The van der Waals surface area contributed by atoms with Gasteiger partial charge in [-0.3, -0.25) is 0 Å². The maximum atomic E-state index is 3.73. The summed E-state index contributed by atoms with van der Waals surface area (Å²) in [6.07, 6.45) is 5.13. The van der Waals surface area contributed by atoms with Crippen LogP contribution in [0.15, 0.2) is 22.7 Å². The van der Waals surface area contributed by atoms with Crippen molar-refractivity contribution in [3.8, 4) is 0 Å². The number of aryl methyl sites for hydroxylation is 1. The number of benzene rings is 1. The third-order valence-corrected chi connectivity index (χ3v) is 4.40. The quantitative estimate of drug-likeness (QED) is 0.881. The fourth-order valence-corrected chi connectivity index (χ4v) is 3.32. The molecule has 0 aliphatic carbocycles. The molecule has 2 nitrogen and oxygen atoms in total. The van der Waals surface area contributed by atoms with Crippen LogP contribution in [0.3, 0.4) is 0 Å². The van der Waals surface area contributed by atoms with E-state index in [1.807, 2.05) is 0 Å². The van der Waals surface area contributed by atoms with Crippen molar-refractivity contribution < 1.29 is 0 Å². The molecule has 106 valence electrons. The molecule has 0 radical (unpaired) electrons. The Balaban J connectivity index is 1.92. The van der Waals surface area contributed by atoms with Gasteiger partial charge in [-0.25, -0.2) is 0 Å². The lowest BCUT2D eigenvalue weighted by atomic mass is 10.1. The zero-order valence-corrected chi connectivity index (χ0v) is 13.7. The lowest BCUT2D eigenvalue weighted by Crippen LogP contribution is -2.27. The average molecular weight is 325 g/mol. The van der Waals surface area contributed by atoms with Gasteiger partial charge in [-0.1, -0.05) is 22.9 Å². The molecule has 19 heavy (non-hydrogen) atoms. The molecule has 0 amide bonds. The third-order valence-electron chi connectivity index (χ3n) is 3.91. The van der Waals surface area contributed by atoms with Gasteiger partial charge in [-0.2, -0.15) is 0 Å². The first-order chi connectivity index (χ1) is 9.19. The van der Waals surface area contributed by atoms with Crippen LogP contribution >= 0.6 is 15.9 Å². The lowest BCUT2D eigenvalue weighted by Gasteiger charge is -2.21. The summed E-state index contributed by atoms with van der Waals surface area (Å²) < 4.78 is 1.16. The van der Waals surface area contributed by atoms with E-state index in [0.717, 1.165) is 4.47 Å². The Kier molecular flexibility index (Phi) is 5.71. The standard InChI is InChI=1S/C16H25BrN2/c1-3-9-19-10-4-5-15(8-11-19)18-16-7-6-14(17)12-13(16)2/h6-7,12,15,18H,3-5,8-11H2,1-2H3. The molecule has 1 fully saturated rings. The minimum absolute atomic E-state index is 0.627. The third kappa shape index (κ3) is 4.50. The molecule has 1 N–H and O–H groups in total. The van der Waals surface area contributed by atoms with Gasteiger partial charge in [0.25, 0.3) is 0 Å². The number of likely N-dealkylation sites (tertiary alicyclic amines) is 1. The molecule has 0 spiro atoms. The van der Waals surface area contributed by atoms with Gasteiger partial charge in [0.1, 0.15) is 0 Å². The second-order valence-electron chi connectivity index (χ2n) is 5.57. The van der Waals surface area contributed by atoms with Crippen molar-refractivity contribution in [2.45, 2.75) is 45.6 Å². The molecule has 1 saturated heterocycles. The van der Waals surface area contributed by atoms with Crippen molar-refractivity contribution in [1.82, 2.24) is 4.90 Å². The largest absolute Gasteiger partial charge is 0.382 e. The Labute approximate surface area is 125 Å². The Morgan fingerprint density at radius 2 is 2.16 bits per heavy atom. The second kappa shape index (κ2) is 7.30. The van der Waals surface area contributed by atoms with Gasteiger partial charge in [0.05, 0.1) is 0 Å². The zero-order valence-electron chi connectivity index (χ0n) is 12.1. The molecule has 3 heteroatoms. The Morgan fingerprint density at radius 1 is 1.32 bits per heavy atom. The van der Waals surface area contributed by atoms with Crippen molar-refractivity contribution in [1.29, 1.82) is 0 Å². The molecule has 1 aliphatic heterocycles. The smallest absolute Gasteiger partial charge is 0.0372 e. The number of hydrogen-bond donors (Lipinski definition) is 1. The summed E-state index contributed by atoms with van der Waals surface area (Å²) in [6.45, 7) is 8.20. The maximum Gasteiger partial charge on any atom is 0.0372 e. The monoisotopic (exact) mass is 324 g/mol. The molecule has 0 aromatic heterocycles. The Bertz CT molecular complexity index is 406. The van der Waals surface area contributed by atoms with Gasteiger partial charge in [-0.15, -0.1) is 0 Å². The van der Waals surface area contributed by atoms with Crippen LogP contribution in [0.25, 0.3) is 0 Å². The topological polar surface area (TPSA) is 15.3 Å². The van der Waals surface area contributed by atoms with Crippen LogP contribution in [-0.2, 0) is 0 Å². The van der Waals surface area contributed by atoms with Crippen molar-refractivity contribution in [2.75, 3.05) is 25.0 Å². The van der Waals surface area contributed by atoms with Gasteiger partial charge in [0.2, 0.25) is 0 Å². The summed E-state index contributed by atoms with van der Waals surface area (Å²) in [6, 6.07) is 7.12. The summed E-state index contributed by atoms with van der Waals surface area (Å²) in [5.74, 6) is 0. The first-order valence-electron chi connectivity index (χ1n) is 7.44. The normalized spacial score (nSPS) is 21.1. The van der Waals surface area contributed by atoms with Gasteiger partial charge in [-0.05, 0) is 69.5 Å². The van der Waals surface area contributed by atoms with E-state index in [0.29, 0.717) is 6.04 Å². The minimum Gasteiger partial charge on any atom is -0.382 e. The number of halogens is 1. The van der Waals surface area contributed by atoms with Gasteiger partial charge in [0, 0.05) is 22.7 Å². The van der Waals surface area contributed by atoms with Crippen LogP contribution in [0, 0.1) is 6.92 Å². The van der Waals surface area contributed by atoms with E-state index in [1.54, 1.807) is 0 Å². The highest BCUT2D eigenvalue weighted by Crippen LogP contribution is 2.23. The van der Waals surface area contributed by atoms with E-state index in [9.17, 15) is 0 Å². The van der Waals surface area contributed by atoms with E-state index in [2.05, 4.69) is 58.2 Å². The SMILES string of the molecule is CCCN1CCCC(Nc2ccc(Br)cc2C)CC1. The Hall–Kier alpha value is -0.540. The second-order valence-corrected chi connectivity index (χ2v) is 6.49. The van der Waals surface area contributed by atoms with Gasteiger partial charge < -0.3 is 10.2 Å². The summed E-state index contributed by atoms with van der Waals surface area (Å²) in [4.78, 5) is 2.61. The number of anilines is 1. The average Bonchev–Trinajstić information content (AvgIpc) is 2.59. The zero-order chi connectivity index (χ0) is 13.7. The molecule has 2 rings (SSSR count). The predicted octanol–water partition coefficient (Wildman–Crippen LogP) is 4.43. The molecule has 1 aromatic rings. The summed E-state index contributed by atoms with van der Waals surface area (Å²) >= 11 is 3.52. The van der Waals surface area contributed by atoms with Crippen LogP contribution in [0.5, 0.6) is 0 Å². The maximum absolute atomic E-state index is 3.73. The number of hydrogen-bond acceptors (Lipinski definition) is 2. The molecule has 1 atom stereocenters. The predicted molar refractivity (Wildman–Crippen MR) is 86.9 cm³/mol. The molecule has 1 heterocycles. The fourth-order valence-electron chi connectivity index (χ4n) is 2.85. The first kappa shape index (κ1) is 14.9. The lowest BCUT2D eigenvalue weighted by molar-refractivity contribution is 0.285. The summed E-state index contributed by atoms with van der Waals surface area (Å²) in [5, 5.41) is 3.73. The van der Waals surface area contributed by atoms with Crippen molar-refractivity contribution >= 4 is 21.6 Å². The summed E-state index contributed by atoms with van der Waals surface area (Å²) in [5.41, 5.74) is 2.61. The Morgan fingerprint density at radius 3 is 2.89 bits per heavy atom. The van der Waals surface area contributed by atoms with Crippen molar-refractivity contribution in [2.24, 2.45) is 0 Å². The number of nitrogens with one attached hydrogen (secondary N) is 1. The van der Waals surface area contributed by atoms with Crippen LogP contribution < -0.4 is 5.32 Å². The van der Waals surface area contributed by atoms with Crippen molar-refractivity contribution in [3.05, 3.63) is 28.2 Å². The highest BCUT2D eigenvalue weighted by Gasteiger charge is 2.16. The minimum atomic E-state index is 0.627. The van der Waals surface area contributed by atoms with Crippen LogP contribution in [0.4, 0.5) is 5.69 Å². The van der Waals surface area contributed by atoms with Crippen LogP contribution in [0.2, 0.25) is 0 Å². The van der Waals surface area contributed by atoms with E-state index < -0.39 is 0 Å². The van der Waals surface area contributed by atoms with Gasteiger partial charge in [0.15, 0.2) is 0 Å². The first-order valence-corrected chi connectivity index (χ1v) is 8.23. The highest BCUT2D eigenvalue weighted by molar-refractivity contribution is 9.10. The van der Waals surface area contributed by atoms with Crippen LogP contribution in [0.1, 0.15) is 38.2 Å². The summed E-state index contributed by atoms with van der Waals surface area (Å²) in [7, 11) is 0. The van der Waals surface area contributed by atoms with E-state index in [4.69, 9.17) is 0 Å². The molecular weight excluding hydrogens is 300 g/mol. The molecule has 1 unspecified atom stereocenters. The van der Waals surface area contributed by atoms with Gasteiger partial charge >= 0.3 is 0 Å². The number of nitrogens with zero attached hydrogens (tertiary/aromatic N) is 1. The van der Waals surface area contributed by atoms with Crippen LogP contribution in [-0.4, -0.2) is 30.6 Å². The highest BCUT2D eigenvalue weighted by atomic mass is 79.9. The van der Waals surface area contributed by atoms with E-state index in [1.165, 1.54) is 56.6 Å². The van der Waals surface area contributed by atoms with E-state index in [-0.39, 0.29) is 0 Å². The van der Waals surface area contributed by atoms with Crippen molar-refractivity contribution in [3.63, 3.8) is 0 Å². The van der Waals surface area contributed by atoms with E-state index >= 15 is 0 Å². The molecule has 0 saturated carbocycles. The molecule has 0 bridgehead atoms. The molecule has 1 aromatic carbocycles. The molecule has 1 aliphatic rings. The molecular formula is C16H25BrN2. The fraction of sp³-hybridized carbons (Fsp3) is 0.625.